The Morgan fingerprint density at radius 2 is 1.77 bits per heavy atom. The smallest absolute Gasteiger partial charge is 0.0772 e. The fraction of sp³-hybridized carbons (Fsp3) is 0.222. The van der Waals surface area contributed by atoms with Crippen LogP contribution in [-0.4, -0.2) is 24.2 Å². The lowest BCUT2D eigenvalue weighted by Gasteiger charge is -2.33. The summed E-state index contributed by atoms with van der Waals surface area (Å²) >= 11 is 0. The van der Waals surface area contributed by atoms with Crippen LogP contribution in [0.1, 0.15) is 23.5 Å². The van der Waals surface area contributed by atoms with Crippen LogP contribution in [0.4, 0.5) is 0 Å². The molecule has 2 atom stereocenters. The van der Waals surface area contributed by atoms with Crippen molar-refractivity contribution in [2.24, 2.45) is 0 Å². The molecule has 0 bridgehead atoms. The molecule has 0 saturated carbocycles. The molecule has 5 rings (SSSR count). The molecule has 4 aromatic rings. The number of piperidine rings is 1. The van der Waals surface area contributed by atoms with Crippen LogP contribution < -0.4 is 5.32 Å². The average molecular weight is 395 g/mol. The summed E-state index contributed by atoms with van der Waals surface area (Å²) in [7, 11) is 0. The number of pyridine rings is 1. The highest BCUT2D eigenvalue weighted by Crippen LogP contribution is 2.31. The predicted molar refractivity (Wildman–Crippen MR) is 122 cm³/mol. The Balaban J connectivity index is 1.34. The number of nitrogens with zero attached hydrogens (tertiary/aromatic N) is 1. The molecule has 1 aromatic heterocycles. The highest BCUT2D eigenvalue weighted by Gasteiger charge is 2.27. The van der Waals surface area contributed by atoms with E-state index in [2.05, 4.69) is 83.1 Å². The van der Waals surface area contributed by atoms with E-state index in [9.17, 15) is 0 Å². The monoisotopic (exact) mass is 394 g/mol. The zero-order valence-corrected chi connectivity index (χ0v) is 17.0. The van der Waals surface area contributed by atoms with Crippen LogP contribution >= 0.6 is 0 Å². The maximum absolute atomic E-state index is 6.46. The number of benzene rings is 3. The van der Waals surface area contributed by atoms with Crippen molar-refractivity contribution < 1.29 is 4.74 Å². The third-order valence-electron chi connectivity index (χ3n) is 6.01. The number of ether oxygens (including phenoxy) is 1. The van der Waals surface area contributed by atoms with Gasteiger partial charge in [-0.1, -0.05) is 66.7 Å². The molecule has 30 heavy (non-hydrogen) atoms. The second kappa shape index (κ2) is 8.78. The summed E-state index contributed by atoms with van der Waals surface area (Å²) in [6.07, 6.45) is 4.99. The van der Waals surface area contributed by atoms with E-state index >= 15 is 0 Å². The Hall–Kier alpha value is -3.01. The van der Waals surface area contributed by atoms with Crippen molar-refractivity contribution in [2.45, 2.75) is 25.0 Å². The van der Waals surface area contributed by atoms with Gasteiger partial charge in [-0.25, -0.2) is 0 Å². The van der Waals surface area contributed by atoms with Crippen molar-refractivity contribution >= 4 is 10.8 Å². The summed E-state index contributed by atoms with van der Waals surface area (Å²) in [6, 6.07) is 28.0. The molecular weight excluding hydrogens is 368 g/mol. The van der Waals surface area contributed by atoms with Gasteiger partial charge in [-0.15, -0.1) is 0 Å². The van der Waals surface area contributed by atoms with Gasteiger partial charge < -0.3 is 10.1 Å². The SMILES string of the molecule is c1cncc(-c2cccc(C3CCNCC3OCc3ccc4ccccc4c3)c2)c1. The number of rotatable bonds is 5. The molecule has 1 N–H and O–H groups in total. The van der Waals surface area contributed by atoms with Crippen LogP contribution in [0.15, 0.2) is 91.3 Å². The summed E-state index contributed by atoms with van der Waals surface area (Å²) in [5, 5.41) is 6.05. The van der Waals surface area contributed by atoms with Gasteiger partial charge in [-0.2, -0.15) is 0 Å². The van der Waals surface area contributed by atoms with Crippen molar-refractivity contribution in [1.29, 1.82) is 0 Å². The van der Waals surface area contributed by atoms with Crippen LogP contribution in [0.5, 0.6) is 0 Å². The minimum Gasteiger partial charge on any atom is -0.372 e. The molecule has 1 aliphatic rings. The lowest BCUT2D eigenvalue weighted by atomic mass is 9.86. The molecule has 0 aliphatic carbocycles. The summed E-state index contributed by atoms with van der Waals surface area (Å²) in [5.41, 5.74) is 4.94. The first-order valence-corrected chi connectivity index (χ1v) is 10.7. The Kier molecular flexibility index (Phi) is 5.56. The predicted octanol–water partition coefficient (Wildman–Crippen LogP) is 5.56. The van der Waals surface area contributed by atoms with Gasteiger partial charge in [0.15, 0.2) is 0 Å². The molecule has 1 fully saturated rings. The molecular formula is C27H26N2O. The van der Waals surface area contributed by atoms with E-state index in [1.54, 1.807) is 0 Å². The Bertz CT molecular complexity index is 1130. The summed E-state index contributed by atoms with van der Waals surface area (Å²) in [5.74, 6) is 0.392. The lowest BCUT2D eigenvalue weighted by molar-refractivity contribution is 0.0107. The quantitative estimate of drug-likeness (QED) is 0.481. The maximum Gasteiger partial charge on any atom is 0.0772 e. The van der Waals surface area contributed by atoms with E-state index in [4.69, 9.17) is 4.74 Å². The number of hydrogen-bond acceptors (Lipinski definition) is 3. The molecule has 1 aliphatic heterocycles. The highest BCUT2D eigenvalue weighted by molar-refractivity contribution is 5.82. The average Bonchev–Trinajstić information content (AvgIpc) is 2.83. The molecule has 150 valence electrons. The second-order valence-corrected chi connectivity index (χ2v) is 8.00. The molecule has 0 radical (unpaired) electrons. The van der Waals surface area contributed by atoms with Crippen molar-refractivity contribution in [3.05, 3.63) is 102 Å². The minimum atomic E-state index is 0.161. The van der Waals surface area contributed by atoms with Crippen LogP contribution in [-0.2, 0) is 11.3 Å². The van der Waals surface area contributed by atoms with Crippen LogP contribution in [0.3, 0.4) is 0 Å². The normalized spacial score (nSPS) is 19.1. The zero-order chi connectivity index (χ0) is 20.2. The van der Waals surface area contributed by atoms with E-state index in [1.165, 1.54) is 27.5 Å². The van der Waals surface area contributed by atoms with Crippen molar-refractivity contribution in [1.82, 2.24) is 10.3 Å². The first-order chi connectivity index (χ1) is 14.9. The molecule has 2 unspecified atom stereocenters. The van der Waals surface area contributed by atoms with Gasteiger partial charge in [0.2, 0.25) is 0 Å². The van der Waals surface area contributed by atoms with Crippen LogP contribution in [0.25, 0.3) is 21.9 Å². The number of hydrogen-bond donors (Lipinski definition) is 1. The molecule has 3 nitrogen and oxygen atoms in total. The third-order valence-corrected chi connectivity index (χ3v) is 6.01. The van der Waals surface area contributed by atoms with Crippen LogP contribution in [0.2, 0.25) is 0 Å². The summed E-state index contributed by atoms with van der Waals surface area (Å²) in [6.45, 7) is 2.54. The number of aromatic nitrogens is 1. The largest absolute Gasteiger partial charge is 0.372 e. The maximum atomic E-state index is 6.46. The third kappa shape index (κ3) is 4.13. The Labute approximate surface area is 177 Å². The van der Waals surface area contributed by atoms with Gasteiger partial charge >= 0.3 is 0 Å². The Morgan fingerprint density at radius 3 is 2.67 bits per heavy atom. The topological polar surface area (TPSA) is 34.2 Å². The van der Waals surface area contributed by atoms with Gasteiger partial charge in [-0.05, 0) is 58.1 Å². The fourth-order valence-electron chi connectivity index (χ4n) is 4.40. The molecule has 2 heterocycles. The van der Waals surface area contributed by atoms with E-state index in [0.717, 1.165) is 25.1 Å². The van der Waals surface area contributed by atoms with Crippen molar-refractivity contribution in [2.75, 3.05) is 13.1 Å². The second-order valence-electron chi connectivity index (χ2n) is 8.00. The van der Waals surface area contributed by atoms with E-state index < -0.39 is 0 Å². The number of fused-ring (bicyclic) bond motifs is 1. The van der Waals surface area contributed by atoms with E-state index in [0.29, 0.717) is 12.5 Å². The summed E-state index contributed by atoms with van der Waals surface area (Å²) < 4.78 is 6.46. The molecule has 1 saturated heterocycles. The standard InChI is InChI=1S/C27H26N2O/c1-2-6-22-15-20(10-11-21(22)5-1)19-30-27-18-29-14-12-26(27)24-8-3-7-23(16-24)25-9-4-13-28-17-25/h1-11,13,15-17,26-27,29H,12,14,18-19H2. The number of nitrogens with one attached hydrogen (secondary N) is 1. The fourth-order valence-corrected chi connectivity index (χ4v) is 4.40. The zero-order valence-electron chi connectivity index (χ0n) is 17.0. The lowest BCUT2D eigenvalue weighted by Crippen LogP contribution is -2.41. The van der Waals surface area contributed by atoms with Crippen molar-refractivity contribution in [3.8, 4) is 11.1 Å². The van der Waals surface area contributed by atoms with Gasteiger partial charge in [0.05, 0.1) is 12.7 Å². The first-order valence-electron chi connectivity index (χ1n) is 10.7. The molecule has 0 amide bonds. The molecule has 3 heteroatoms. The van der Waals surface area contributed by atoms with Gasteiger partial charge in [-0.3, -0.25) is 4.98 Å². The minimum absolute atomic E-state index is 0.161. The molecule has 3 aromatic carbocycles. The van der Waals surface area contributed by atoms with Crippen molar-refractivity contribution in [3.63, 3.8) is 0 Å². The Morgan fingerprint density at radius 1 is 0.867 bits per heavy atom. The van der Waals surface area contributed by atoms with Crippen LogP contribution in [0, 0.1) is 0 Å². The van der Waals surface area contributed by atoms with Gasteiger partial charge in [0.1, 0.15) is 0 Å². The highest BCUT2D eigenvalue weighted by atomic mass is 16.5. The first kappa shape index (κ1) is 19.0. The summed E-state index contributed by atoms with van der Waals surface area (Å²) in [4.78, 5) is 4.27. The van der Waals surface area contributed by atoms with E-state index in [1.807, 2.05) is 18.5 Å². The molecule has 0 spiro atoms. The van der Waals surface area contributed by atoms with Gasteiger partial charge in [0.25, 0.3) is 0 Å². The van der Waals surface area contributed by atoms with E-state index in [-0.39, 0.29) is 6.10 Å². The van der Waals surface area contributed by atoms with Gasteiger partial charge in [0, 0.05) is 24.9 Å².